The second-order valence-electron chi connectivity index (χ2n) is 15.7. The number of methoxy groups -OCH3 is 2. The number of fused-ring (bicyclic) bond motifs is 5. The monoisotopic (exact) mass is 934 g/mol. The minimum atomic E-state index is -2.03. The standard InChI is InChI=1S/C45H50N4O12S3/c1-23(2)47-30-22-58-34(20-33(30)56-4)61-42-41(53)35(40(52)39-37-26(14-17-46-39)27-19-25(50)12-13-29(27)48-37)24(3)59-43(42)60-32-11-9-7-8-10-16-45(55)21-31(51)38(49-44(54)57-5)36(32)28(45)15-18-63-64-62-6/h7-8,12-15,17,19,23-24,30,32-35,41-43,47-48,50,53,55H,18,20-22H2,1-6H3,(H,49,54). The van der Waals surface area contributed by atoms with Gasteiger partial charge in [0, 0.05) is 59.0 Å². The molecule has 2 bridgehead atoms. The number of aliphatic hydroxyl groups is 2. The third-order valence-electron chi connectivity index (χ3n) is 11.2. The van der Waals surface area contributed by atoms with E-state index in [0.717, 1.165) is 7.11 Å². The second-order valence-corrected chi connectivity index (χ2v) is 20.1. The van der Waals surface area contributed by atoms with Crippen molar-refractivity contribution in [1.29, 1.82) is 0 Å². The summed E-state index contributed by atoms with van der Waals surface area (Å²) in [6.07, 6.45) is -1.67. The van der Waals surface area contributed by atoms with Crippen molar-refractivity contribution in [1.82, 2.24) is 20.6 Å². The van der Waals surface area contributed by atoms with Gasteiger partial charge in [-0.15, -0.1) is 0 Å². The molecule has 4 heterocycles. The number of aromatic nitrogens is 2. The van der Waals surface area contributed by atoms with Gasteiger partial charge >= 0.3 is 6.09 Å². The number of pyridine rings is 1. The Labute approximate surface area is 381 Å². The summed E-state index contributed by atoms with van der Waals surface area (Å²) in [5, 5.41) is 42.2. The van der Waals surface area contributed by atoms with Crippen LogP contribution in [-0.4, -0.2) is 137 Å². The lowest BCUT2D eigenvalue weighted by atomic mass is 9.75. The Morgan fingerprint density at radius 2 is 1.95 bits per heavy atom. The number of amides is 1. The number of Topliss-reactive ketones (excluding diaryl/α,β-unsaturated/α-hetero) is 2. The van der Waals surface area contributed by atoms with Crippen LogP contribution in [0.5, 0.6) is 5.75 Å². The Kier molecular flexibility index (Phi) is 15.5. The van der Waals surface area contributed by atoms with Gasteiger partial charge in [-0.05, 0) is 59.4 Å². The van der Waals surface area contributed by atoms with E-state index < -0.39 is 72.6 Å². The molecule has 0 saturated carbocycles. The molecule has 1 amide bonds. The zero-order valence-electron chi connectivity index (χ0n) is 35.9. The molecule has 2 saturated heterocycles. The number of nitrogens with one attached hydrogen (secondary N) is 3. The van der Waals surface area contributed by atoms with Gasteiger partial charge < -0.3 is 54.0 Å². The molecule has 1 aromatic carbocycles. The van der Waals surface area contributed by atoms with Gasteiger partial charge in [0.15, 0.2) is 29.7 Å². The molecule has 0 radical (unpaired) electrons. The lowest BCUT2D eigenvalue weighted by Gasteiger charge is -2.46. The van der Waals surface area contributed by atoms with E-state index in [2.05, 4.69) is 44.3 Å². The molecule has 3 aromatic rings. The Balaban J connectivity index is 1.31. The lowest BCUT2D eigenvalue weighted by Crippen LogP contribution is -2.60. The van der Waals surface area contributed by atoms with E-state index in [1.54, 1.807) is 38.3 Å². The van der Waals surface area contributed by atoms with Crippen LogP contribution < -0.4 is 10.6 Å². The fourth-order valence-corrected chi connectivity index (χ4v) is 10.8. The highest BCUT2D eigenvalue weighted by molar-refractivity contribution is 9.09. The van der Waals surface area contributed by atoms with E-state index in [4.69, 9.17) is 28.4 Å². The van der Waals surface area contributed by atoms with Crippen molar-refractivity contribution in [3.63, 3.8) is 0 Å². The number of rotatable bonds is 14. The topological polar surface area (TPSA) is 220 Å². The number of hydrogen-bond donors (Lipinski definition) is 6. The molecule has 64 heavy (non-hydrogen) atoms. The van der Waals surface area contributed by atoms with Crippen molar-refractivity contribution in [2.45, 2.75) is 94.4 Å². The van der Waals surface area contributed by atoms with Crippen LogP contribution in [0.3, 0.4) is 0 Å². The molecule has 0 spiro atoms. The highest BCUT2D eigenvalue weighted by Crippen LogP contribution is 2.42. The average Bonchev–Trinajstić information content (AvgIpc) is 3.63. The molecule has 10 atom stereocenters. The summed E-state index contributed by atoms with van der Waals surface area (Å²) in [5.41, 5.74) is -1.01. The number of aliphatic hydroxyl groups excluding tert-OH is 1. The molecule has 6 N–H and O–H groups in total. The van der Waals surface area contributed by atoms with E-state index in [1.807, 2.05) is 20.1 Å². The third kappa shape index (κ3) is 10.2. The van der Waals surface area contributed by atoms with Crippen molar-refractivity contribution in [2.24, 2.45) is 5.92 Å². The number of ketones is 2. The smallest absolute Gasteiger partial charge is 0.411 e. The number of hydrogen-bond acceptors (Lipinski definition) is 17. The maximum atomic E-state index is 14.8. The van der Waals surface area contributed by atoms with Gasteiger partial charge in [0.2, 0.25) is 0 Å². The number of aromatic hydroxyl groups is 1. The molecule has 340 valence electrons. The Morgan fingerprint density at radius 3 is 2.70 bits per heavy atom. The first-order valence-corrected chi connectivity index (χ1v) is 24.6. The van der Waals surface area contributed by atoms with Gasteiger partial charge in [-0.2, -0.15) is 0 Å². The number of carbonyl (C=O) groups excluding carboxylic acids is 3. The van der Waals surface area contributed by atoms with Gasteiger partial charge in [-0.3, -0.25) is 19.9 Å². The normalized spacial score (nSPS) is 29.9. The first kappa shape index (κ1) is 47.6. The third-order valence-corrected chi connectivity index (χ3v) is 15.0. The molecule has 4 aliphatic rings. The summed E-state index contributed by atoms with van der Waals surface area (Å²) in [7, 11) is 7.24. The fourth-order valence-electron chi connectivity index (χ4n) is 8.40. The molecule has 2 aromatic heterocycles. The van der Waals surface area contributed by atoms with Crippen molar-refractivity contribution in [3.05, 3.63) is 71.2 Å². The molecule has 16 nitrogen and oxygen atoms in total. The number of benzene rings is 1. The fraction of sp³-hybridized carbons (Fsp3) is 0.467. The number of allylic oxidation sites excluding steroid dienone is 3. The molecule has 2 fully saturated rings. The number of carbonyl (C=O) groups is 3. The van der Waals surface area contributed by atoms with Crippen LogP contribution in [0.25, 0.3) is 21.8 Å². The Hall–Kier alpha value is -4.35. The first-order valence-electron chi connectivity index (χ1n) is 20.5. The summed E-state index contributed by atoms with van der Waals surface area (Å²) in [6.45, 7) is 5.82. The largest absolute Gasteiger partial charge is 0.508 e. The van der Waals surface area contributed by atoms with Crippen LogP contribution in [0.1, 0.15) is 44.1 Å². The minimum Gasteiger partial charge on any atom is -0.508 e. The van der Waals surface area contributed by atoms with Gasteiger partial charge in [0.05, 0.1) is 61.6 Å². The quantitative estimate of drug-likeness (QED) is 0.0559. The van der Waals surface area contributed by atoms with Crippen LogP contribution in [0.4, 0.5) is 4.79 Å². The zero-order valence-corrected chi connectivity index (χ0v) is 38.4. The van der Waals surface area contributed by atoms with E-state index in [-0.39, 0.29) is 59.5 Å². The second kappa shape index (κ2) is 20.9. The minimum absolute atomic E-state index is 0.00427. The molecule has 2 aliphatic carbocycles. The van der Waals surface area contributed by atoms with E-state index >= 15 is 0 Å². The average molecular weight is 935 g/mol. The number of phenolic OH excluding ortho intramolecular Hbond substituents is 1. The van der Waals surface area contributed by atoms with E-state index in [9.17, 15) is 29.7 Å². The first-order chi connectivity index (χ1) is 30.8. The van der Waals surface area contributed by atoms with Gasteiger partial charge in [-0.25, -0.2) is 4.79 Å². The predicted octanol–water partition coefficient (Wildman–Crippen LogP) is 4.70. The molecular weight excluding hydrogens is 885 g/mol. The van der Waals surface area contributed by atoms with Crippen LogP contribution in [0.15, 0.2) is 65.5 Å². The van der Waals surface area contributed by atoms with Crippen molar-refractivity contribution >= 4 is 70.9 Å². The summed E-state index contributed by atoms with van der Waals surface area (Å²) in [6, 6.07) is 6.49. The van der Waals surface area contributed by atoms with Crippen molar-refractivity contribution in [2.75, 3.05) is 32.8 Å². The summed E-state index contributed by atoms with van der Waals surface area (Å²) < 4.78 is 36.9. The molecule has 10 unspecified atom stereocenters. The van der Waals surface area contributed by atoms with Crippen LogP contribution in [0.2, 0.25) is 0 Å². The van der Waals surface area contributed by atoms with Crippen LogP contribution in [0, 0.1) is 29.6 Å². The summed E-state index contributed by atoms with van der Waals surface area (Å²) >= 11 is 0. The SMILES string of the molecule is COC(=O)NC1=C2C(=CCSSSC)C(O)(C#CC=CC#CC2OC2OC(C)C(C(=O)c3nccc4c3[nH]c3ccc(O)cc34)C(O)C2OC2CC(OC)C(NC(C)C)CO2)CC1=O. The van der Waals surface area contributed by atoms with E-state index in [1.165, 1.54) is 55.8 Å². The maximum Gasteiger partial charge on any atom is 0.411 e. The van der Waals surface area contributed by atoms with Crippen molar-refractivity contribution in [3.8, 4) is 29.4 Å². The van der Waals surface area contributed by atoms with Gasteiger partial charge in [0.25, 0.3) is 0 Å². The van der Waals surface area contributed by atoms with Gasteiger partial charge in [0.1, 0.15) is 23.7 Å². The van der Waals surface area contributed by atoms with E-state index in [0.29, 0.717) is 27.6 Å². The van der Waals surface area contributed by atoms with Crippen LogP contribution in [-0.2, 0) is 33.2 Å². The maximum absolute atomic E-state index is 14.8. The Bertz CT molecular complexity index is 2490. The highest BCUT2D eigenvalue weighted by atomic mass is 33.5. The number of aromatic amines is 1. The summed E-state index contributed by atoms with van der Waals surface area (Å²) in [4.78, 5) is 49.3. The number of phenols is 1. The molecule has 7 rings (SSSR count). The Morgan fingerprint density at radius 1 is 1.16 bits per heavy atom. The van der Waals surface area contributed by atoms with Crippen LogP contribution >= 0.6 is 31.4 Å². The predicted molar refractivity (Wildman–Crippen MR) is 244 cm³/mol. The zero-order chi connectivity index (χ0) is 45.7. The summed E-state index contributed by atoms with van der Waals surface area (Å²) in [5.74, 6) is 9.37. The molecule has 19 heteroatoms. The van der Waals surface area contributed by atoms with Crippen molar-refractivity contribution < 1.29 is 58.1 Å². The van der Waals surface area contributed by atoms with Gasteiger partial charge in [-0.1, -0.05) is 65.2 Å². The number of alkyl carbamates (subject to hydrolysis) is 1. The number of H-pyrrole nitrogens is 1. The number of nitrogens with zero attached hydrogens (tertiary/aromatic N) is 1. The molecule has 2 aliphatic heterocycles. The lowest BCUT2D eigenvalue weighted by molar-refractivity contribution is -0.327. The highest BCUT2D eigenvalue weighted by Gasteiger charge is 2.52. The number of ether oxygens (including phenoxy) is 6. The molecular formula is C45H50N4O12S3.